The summed E-state index contributed by atoms with van der Waals surface area (Å²) >= 11 is 0. The fourth-order valence-electron chi connectivity index (χ4n) is 0.740. The van der Waals surface area contributed by atoms with Gasteiger partial charge in [-0.25, -0.2) is 0 Å². The molecule has 3 N–H and O–H groups in total. The monoisotopic (exact) mass is 160 g/mol. The fraction of sp³-hybridized carbons (Fsp3) is 0.857. The van der Waals surface area contributed by atoms with E-state index in [-0.39, 0.29) is 0 Å². The summed E-state index contributed by atoms with van der Waals surface area (Å²) < 4.78 is 0. The number of carboxylic acid groups (broad SMARTS) is 1. The van der Waals surface area contributed by atoms with Crippen LogP contribution in [-0.4, -0.2) is 41.7 Å². The number of likely N-dealkylation sites (N-methyl/N-ethyl adjacent to an activating group) is 1. The Balaban J connectivity index is 4.01. The Kier molecular flexibility index (Phi) is 3.48. The minimum absolute atomic E-state index is 0.374. The lowest BCUT2D eigenvalue weighted by Crippen LogP contribution is -2.52. The molecule has 0 saturated heterocycles. The summed E-state index contributed by atoms with van der Waals surface area (Å²) in [6.07, 6.45) is 0. The quantitative estimate of drug-likeness (QED) is 0.594. The van der Waals surface area contributed by atoms with Crippen molar-refractivity contribution in [2.75, 3.05) is 20.1 Å². The zero-order valence-electron chi connectivity index (χ0n) is 7.29. The normalized spacial score (nSPS) is 16.5. The third-order valence-corrected chi connectivity index (χ3v) is 1.63. The van der Waals surface area contributed by atoms with Crippen molar-refractivity contribution in [1.29, 1.82) is 0 Å². The second-order valence-corrected chi connectivity index (χ2v) is 3.05. The van der Waals surface area contributed by atoms with Crippen molar-refractivity contribution in [3.8, 4) is 0 Å². The Morgan fingerprint density at radius 3 is 2.45 bits per heavy atom. The third-order valence-electron chi connectivity index (χ3n) is 1.63. The van der Waals surface area contributed by atoms with E-state index in [1.54, 1.807) is 0 Å². The number of nitrogens with two attached hydrogens (primary N) is 1. The Hall–Kier alpha value is -0.610. The lowest BCUT2D eigenvalue weighted by molar-refractivity contribution is -0.143. The lowest BCUT2D eigenvalue weighted by atomic mass is 10.0. The van der Waals surface area contributed by atoms with Gasteiger partial charge in [-0.3, -0.25) is 4.79 Å². The van der Waals surface area contributed by atoms with E-state index in [4.69, 9.17) is 10.8 Å². The van der Waals surface area contributed by atoms with Gasteiger partial charge in [-0.15, -0.1) is 0 Å². The molecular weight excluding hydrogens is 144 g/mol. The number of nitrogens with zero attached hydrogens (tertiary/aromatic N) is 1. The van der Waals surface area contributed by atoms with Gasteiger partial charge in [-0.1, -0.05) is 6.92 Å². The summed E-state index contributed by atoms with van der Waals surface area (Å²) in [5, 5.41) is 8.63. The van der Waals surface area contributed by atoms with Crippen LogP contribution >= 0.6 is 0 Å². The number of carboxylic acids is 1. The van der Waals surface area contributed by atoms with Crippen LogP contribution in [0.3, 0.4) is 0 Å². The van der Waals surface area contributed by atoms with Crippen molar-refractivity contribution in [2.45, 2.75) is 19.4 Å². The molecule has 0 aliphatic rings. The van der Waals surface area contributed by atoms with E-state index >= 15 is 0 Å². The zero-order chi connectivity index (χ0) is 9.07. The molecule has 0 rings (SSSR count). The van der Waals surface area contributed by atoms with Crippen LogP contribution < -0.4 is 5.73 Å². The largest absolute Gasteiger partial charge is 0.480 e. The van der Waals surface area contributed by atoms with E-state index in [2.05, 4.69) is 0 Å². The first kappa shape index (κ1) is 10.4. The van der Waals surface area contributed by atoms with Crippen molar-refractivity contribution < 1.29 is 9.90 Å². The second-order valence-electron chi connectivity index (χ2n) is 3.05. The average molecular weight is 160 g/mol. The molecule has 0 aromatic carbocycles. The van der Waals surface area contributed by atoms with E-state index in [0.717, 1.165) is 6.54 Å². The number of carbonyl (C=O) groups is 1. The lowest BCUT2D eigenvalue weighted by Gasteiger charge is -2.25. The van der Waals surface area contributed by atoms with Crippen molar-refractivity contribution in [3.63, 3.8) is 0 Å². The minimum atomic E-state index is -1.13. The Morgan fingerprint density at radius 1 is 1.73 bits per heavy atom. The summed E-state index contributed by atoms with van der Waals surface area (Å²) in [5.41, 5.74) is 4.36. The van der Waals surface area contributed by atoms with Crippen molar-refractivity contribution in [1.82, 2.24) is 4.90 Å². The van der Waals surface area contributed by atoms with Crippen LogP contribution in [0, 0.1) is 0 Å². The van der Waals surface area contributed by atoms with Crippen LogP contribution in [0.25, 0.3) is 0 Å². The molecule has 66 valence electrons. The molecule has 0 fully saturated rings. The van der Waals surface area contributed by atoms with Crippen molar-refractivity contribution in [2.24, 2.45) is 5.73 Å². The van der Waals surface area contributed by atoms with Gasteiger partial charge in [0.1, 0.15) is 5.54 Å². The number of aliphatic carboxylic acids is 1. The molecule has 0 bridgehead atoms. The molecule has 0 saturated carbocycles. The highest BCUT2D eigenvalue weighted by molar-refractivity contribution is 5.78. The molecule has 4 heteroatoms. The van der Waals surface area contributed by atoms with Crippen LogP contribution in [0.15, 0.2) is 0 Å². The summed E-state index contributed by atoms with van der Waals surface area (Å²) in [5.74, 6) is -0.960. The maximum Gasteiger partial charge on any atom is 0.324 e. The van der Waals surface area contributed by atoms with Gasteiger partial charge >= 0.3 is 5.97 Å². The van der Waals surface area contributed by atoms with E-state index < -0.39 is 11.5 Å². The van der Waals surface area contributed by atoms with E-state index in [9.17, 15) is 4.79 Å². The first-order chi connectivity index (χ1) is 4.90. The highest BCUT2D eigenvalue weighted by Crippen LogP contribution is 2.00. The zero-order valence-corrected chi connectivity index (χ0v) is 7.29. The van der Waals surface area contributed by atoms with Gasteiger partial charge in [0.25, 0.3) is 0 Å². The molecule has 0 radical (unpaired) electrons. The molecule has 0 amide bonds. The molecule has 11 heavy (non-hydrogen) atoms. The van der Waals surface area contributed by atoms with Crippen LogP contribution in [0.5, 0.6) is 0 Å². The van der Waals surface area contributed by atoms with Gasteiger partial charge in [-0.2, -0.15) is 0 Å². The highest BCUT2D eigenvalue weighted by Gasteiger charge is 2.28. The summed E-state index contributed by atoms with van der Waals surface area (Å²) in [4.78, 5) is 12.4. The maximum atomic E-state index is 10.5. The molecular formula is C7H16N2O2. The summed E-state index contributed by atoms with van der Waals surface area (Å²) in [6, 6.07) is 0. The smallest absolute Gasteiger partial charge is 0.324 e. The molecule has 4 nitrogen and oxygen atoms in total. The predicted octanol–water partition coefficient (Wildman–Crippen LogP) is -0.260. The van der Waals surface area contributed by atoms with Crippen molar-refractivity contribution in [3.05, 3.63) is 0 Å². The second kappa shape index (κ2) is 3.69. The van der Waals surface area contributed by atoms with Crippen molar-refractivity contribution >= 4 is 5.97 Å². The van der Waals surface area contributed by atoms with Gasteiger partial charge < -0.3 is 15.7 Å². The topological polar surface area (TPSA) is 66.6 Å². The summed E-state index contributed by atoms with van der Waals surface area (Å²) in [6.45, 7) is 4.65. The third kappa shape index (κ3) is 3.34. The van der Waals surface area contributed by atoms with Crippen LogP contribution in [-0.2, 0) is 4.79 Å². The molecule has 0 aromatic heterocycles. The number of hydrogen-bond acceptors (Lipinski definition) is 3. The highest BCUT2D eigenvalue weighted by atomic mass is 16.4. The molecule has 0 heterocycles. The number of hydrogen-bond donors (Lipinski definition) is 2. The van der Waals surface area contributed by atoms with Crippen LogP contribution in [0.4, 0.5) is 0 Å². The van der Waals surface area contributed by atoms with Crippen LogP contribution in [0.1, 0.15) is 13.8 Å². The molecule has 1 unspecified atom stereocenters. The van der Waals surface area contributed by atoms with E-state index in [1.807, 2.05) is 18.9 Å². The van der Waals surface area contributed by atoms with Gasteiger partial charge in [-0.05, 0) is 20.5 Å². The van der Waals surface area contributed by atoms with Gasteiger partial charge in [0.2, 0.25) is 0 Å². The summed E-state index contributed by atoms with van der Waals surface area (Å²) in [7, 11) is 1.84. The standard InChI is InChI=1S/C7H16N2O2/c1-4-9(3)5-7(2,8)6(10)11/h4-5,8H2,1-3H3,(H,10,11). The molecule has 1 atom stereocenters. The van der Waals surface area contributed by atoms with E-state index in [1.165, 1.54) is 6.92 Å². The SMILES string of the molecule is CCN(C)CC(C)(N)C(=O)O. The van der Waals surface area contributed by atoms with Gasteiger partial charge in [0, 0.05) is 6.54 Å². The van der Waals surface area contributed by atoms with Gasteiger partial charge in [0.15, 0.2) is 0 Å². The first-order valence-electron chi connectivity index (χ1n) is 3.61. The fourth-order valence-corrected chi connectivity index (χ4v) is 0.740. The average Bonchev–Trinajstić information content (AvgIpc) is 1.86. The molecule has 0 aromatic rings. The molecule has 0 aliphatic heterocycles. The maximum absolute atomic E-state index is 10.5. The predicted molar refractivity (Wildman–Crippen MR) is 43.4 cm³/mol. The minimum Gasteiger partial charge on any atom is -0.480 e. The number of rotatable bonds is 4. The van der Waals surface area contributed by atoms with Gasteiger partial charge in [0.05, 0.1) is 0 Å². The first-order valence-corrected chi connectivity index (χ1v) is 3.61. The molecule has 0 spiro atoms. The Labute approximate surface area is 67.0 Å². The molecule has 0 aliphatic carbocycles. The van der Waals surface area contributed by atoms with Crippen LogP contribution in [0.2, 0.25) is 0 Å². The van der Waals surface area contributed by atoms with E-state index in [0.29, 0.717) is 6.54 Å². The Bertz CT molecular complexity index is 145. The Morgan fingerprint density at radius 2 is 2.18 bits per heavy atom.